The predicted molar refractivity (Wildman–Crippen MR) is 46.8 cm³/mol. The molecule has 1 aliphatic rings. The Labute approximate surface area is 73.7 Å². The van der Waals surface area contributed by atoms with Crippen molar-refractivity contribution in [3.05, 3.63) is 0 Å². The first-order chi connectivity index (χ1) is 5.66. The Morgan fingerprint density at radius 1 is 1.58 bits per heavy atom. The summed E-state index contributed by atoms with van der Waals surface area (Å²) in [5.74, 6) is 0.0165. The molecular formula is C9H17NO2. The van der Waals surface area contributed by atoms with E-state index in [1.165, 1.54) is 7.11 Å². The molecule has 3 heteroatoms. The van der Waals surface area contributed by atoms with Crippen LogP contribution in [0.1, 0.15) is 19.8 Å². The van der Waals surface area contributed by atoms with Crippen LogP contribution in [0.15, 0.2) is 0 Å². The van der Waals surface area contributed by atoms with E-state index in [2.05, 4.69) is 18.9 Å². The van der Waals surface area contributed by atoms with Crippen LogP contribution in [0.25, 0.3) is 0 Å². The van der Waals surface area contributed by atoms with Crippen molar-refractivity contribution in [1.29, 1.82) is 0 Å². The number of esters is 1. The first kappa shape index (κ1) is 9.52. The van der Waals surface area contributed by atoms with E-state index in [1.54, 1.807) is 0 Å². The normalized spacial score (nSPS) is 31.6. The highest BCUT2D eigenvalue weighted by Gasteiger charge is 2.31. The number of hydrogen-bond donors (Lipinski definition) is 0. The molecule has 0 saturated carbocycles. The van der Waals surface area contributed by atoms with Crippen LogP contribution in [0.4, 0.5) is 0 Å². The van der Waals surface area contributed by atoms with Gasteiger partial charge in [-0.05, 0) is 33.4 Å². The van der Waals surface area contributed by atoms with Crippen molar-refractivity contribution in [2.24, 2.45) is 5.92 Å². The van der Waals surface area contributed by atoms with Crippen LogP contribution in [-0.4, -0.2) is 37.6 Å². The third-order valence-corrected chi connectivity index (χ3v) is 2.81. The molecule has 0 aromatic heterocycles. The number of hydrogen-bond acceptors (Lipinski definition) is 3. The van der Waals surface area contributed by atoms with Gasteiger partial charge in [0.2, 0.25) is 0 Å². The molecule has 0 aromatic carbocycles. The van der Waals surface area contributed by atoms with Crippen LogP contribution in [0.5, 0.6) is 0 Å². The lowest BCUT2D eigenvalue weighted by atomic mass is 9.91. The predicted octanol–water partition coefficient (Wildman–Crippen LogP) is 0.890. The summed E-state index contributed by atoms with van der Waals surface area (Å²) in [5.41, 5.74) is 0. The lowest BCUT2D eigenvalue weighted by Crippen LogP contribution is -2.44. The molecule has 3 nitrogen and oxygen atoms in total. The second-order valence-corrected chi connectivity index (χ2v) is 3.49. The number of carbonyl (C=O) groups excluding carboxylic acids is 1. The Kier molecular flexibility index (Phi) is 3.09. The molecule has 1 heterocycles. The summed E-state index contributed by atoms with van der Waals surface area (Å²) in [6, 6.07) is 0.325. The summed E-state index contributed by atoms with van der Waals surface area (Å²) in [5, 5.41) is 0. The van der Waals surface area contributed by atoms with Gasteiger partial charge < -0.3 is 9.64 Å². The SMILES string of the molecule is COC(=O)[C@@H]1CCCN(C)[C@@H]1C. The van der Waals surface area contributed by atoms with Crippen molar-refractivity contribution in [2.75, 3.05) is 20.7 Å². The van der Waals surface area contributed by atoms with Crippen LogP contribution in [0.3, 0.4) is 0 Å². The second-order valence-electron chi connectivity index (χ2n) is 3.49. The number of likely N-dealkylation sites (tertiary alicyclic amines) is 1. The highest BCUT2D eigenvalue weighted by Crippen LogP contribution is 2.22. The standard InChI is InChI=1S/C9H17NO2/c1-7-8(9(11)12-3)5-4-6-10(7)2/h7-8H,4-6H2,1-3H3/t7-,8-/m1/s1. The molecule has 70 valence electrons. The molecule has 1 aliphatic heterocycles. The molecule has 0 radical (unpaired) electrons. The molecule has 0 N–H and O–H groups in total. The van der Waals surface area contributed by atoms with Crippen LogP contribution >= 0.6 is 0 Å². The summed E-state index contributed by atoms with van der Waals surface area (Å²) in [4.78, 5) is 13.5. The molecule has 0 aromatic rings. The van der Waals surface area contributed by atoms with E-state index in [-0.39, 0.29) is 11.9 Å². The van der Waals surface area contributed by atoms with Crippen molar-refractivity contribution >= 4 is 5.97 Å². The fourth-order valence-corrected chi connectivity index (χ4v) is 1.78. The number of rotatable bonds is 1. The number of nitrogens with zero attached hydrogens (tertiary/aromatic N) is 1. The van der Waals surface area contributed by atoms with Crippen molar-refractivity contribution in [1.82, 2.24) is 4.90 Å². The molecular weight excluding hydrogens is 154 g/mol. The highest BCUT2D eigenvalue weighted by molar-refractivity contribution is 5.73. The summed E-state index contributed by atoms with van der Waals surface area (Å²) in [6.07, 6.45) is 2.07. The van der Waals surface area contributed by atoms with E-state index in [1.807, 2.05) is 0 Å². The average molecular weight is 171 g/mol. The third-order valence-electron chi connectivity index (χ3n) is 2.81. The lowest BCUT2D eigenvalue weighted by molar-refractivity contribution is -0.149. The van der Waals surface area contributed by atoms with E-state index < -0.39 is 0 Å². The number of methoxy groups -OCH3 is 1. The van der Waals surface area contributed by atoms with Crippen molar-refractivity contribution in [3.8, 4) is 0 Å². The smallest absolute Gasteiger partial charge is 0.310 e. The molecule has 0 amide bonds. The second kappa shape index (κ2) is 3.90. The zero-order valence-corrected chi connectivity index (χ0v) is 8.04. The largest absolute Gasteiger partial charge is 0.469 e. The maximum atomic E-state index is 11.3. The Hall–Kier alpha value is -0.570. The van der Waals surface area contributed by atoms with Gasteiger partial charge in [0.25, 0.3) is 0 Å². The zero-order chi connectivity index (χ0) is 9.14. The van der Waals surface area contributed by atoms with Gasteiger partial charge in [0, 0.05) is 6.04 Å². The topological polar surface area (TPSA) is 29.5 Å². The minimum atomic E-state index is -0.0611. The van der Waals surface area contributed by atoms with Gasteiger partial charge in [-0.1, -0.05) is 0 Å². The van der Waals surface area contributed by atoms with E-state index in [0.29, 0.717) is 6.04 Å². The molecule has 1 fully saturated rings. The van der Waals surface area contributed by atoms with Gasteiger partial charge in [-0.25, -0.2) is 0 Å². The fourth-order valence-electron chi connectivity index (χ4n) is 1.78. The van der Waals surface area contributed by atoms with Gasteiger partial charge in [0.1, 0.15) is 0 Å². The summed E-state index contributed by atoms with van der Waals surface area (Å²) in [7, 11) is 3.52. The van der Waals surface area contributed by atoms with Gasteiger partial charge in [0.05, 0.1) is 13.0 Å². The number of carbonyl (C=O) groups is 1. The molecule has 1 saturated heterocycles. The monoisotopic (exact) mass is 171 g/mol. The Bertz CT molecular complexity index is 170. The number of ether oxygens (including phenoxy) is 1. The highest BCUT2D eigenvalue weighted by atomic mass is 16.5. The molecule has 0 bridgehead atoms. The van der Waals surface area contributed by atoms with E-state index in [4.69, 9.17) is 4.74 Å². The number of piperidine rings is 1. The van der Waals surface area contributed by atoms with Gasteiger partial charge >= 0.3 is 5.97 Å². The summed E-state index contributed by atoms with van der Waals surface area (Å²) in [6.45, 7) is 3.18. The molecule has 2 atom stereocenters. The van der Waals surface area contributed by atoms with Crippen LogP contribution in [-0.2, 0) is 9.53 Å². The van der Waals surface area contributed by atoms with Crippen LogP contribution in [0.2, 0.25) is 0 Å². The Balaban J connectivity index is 2.57. The van der Waals surface area contributed by atoms with Crippen LogP contribution < -0.4 is 0 Å². The van der Waals surface area contributed by atoms with Gasteiger partial charge in [0.15, 0.2) is 0 Å². The quantitative estimate of drug-likeness (QED) is 0.549. The minimum absolute atomic E-state index is 0.0611. The van der Waals surface area contributed by atoms with E-state index >= 15 is 0 Å². The molecule has 1 rings (SSSR count). The zero-order valence-electron chi connectivity index (χ0n) is 8.04. The minimum Gasteiger partial charge on any atom is -0.469 e. The Morgan fingerprint density at radius 2 is 2.25 bits per heavy atom. The average Bonchev–Trinajstić information content (AvgIpc) is 2.08. The van der Waals surface area contributed by atoms with Crippen molar-refractivity contribution in [3.63, 3.8) is 0 Å². The molecule has 0 unspecified atom stereocenters. The first-order valence-corrected chi connectivity index (χ1v) is 4.45. The fraction of sp³-hybridized carbons (Fsp3) is 0.889. The van der Waals surface area contributed by atoms with E-state index in [0.717, 1.165) is 19.4 Å². The van der Waals surface area contributed by atoms with Crippen molar-refractivity contribution < 1.29 is 9.53 Å². The van der Waals surface area contributed by atoms with Gasteiger partial charge in [-0.2, -0.15) is 0 Å². The van der Waals surface area contributed by atoms with Gasteiger partial charge in [-0.15, -0.1) is 0 Å². The Morgan fingerprint density at radius 3 is 2.83 bits per heavy atom. The molecule has 12 heavy (non-hydrogen) atoms. The van der Waals surface area contributed by atoms with Crippen molar-refractivity contribution in [2.45, 2.75) is 25.8 Å². The summed E-state index contributed by atoms with van der Waals surface area (Å²) >= 11 is 0. The maximum Gasteiger partial charge on any atom is 0.310 e. The lowest BCUT2D eigenvalue weighted by Gasteiger charge is -2.35. The third kappa shape index (κ3) is 1.78. The van der Waals surface area contributed by atoms with E-state index in [9.17, 15) is 4.79 Å². The maximum absolute atomic E-state index is 11.3. The summed E-state index contributed by atoms with van der Waals surface area (Å²) < 4.78 is 4.74. The van der Waals surface area contributed by atoms with Crippen LogP contribution in [0, 0.1) is 5.92 Å². The first-order valence-electron chi connectivity index (χ1n) is 4.45. The van der Waals surface area contributed by atoms with Gasteiger partial charge in [-0.3, -0.25) is 4.79 Å². The molecule has 0 spiro atoms. The molecule has 0 aliphatic carbocycles.